The Balaban J connectivity index is 0.000000283. The molecule has 0 spiro atoms. The summed E-state index contributed by atoms with van der Waals surface area (Å²) in [5.74, 6) is 0.828. The number of esters is 1. The number of ether oxygens (including phenoxy) is 1. The maximum atomic E-state index is 11.5. The van der Waals surface area contributed by atoms with Crippen molar-refractivity contribution in [2.75, 3.05) is 0 Å². The quantitative estimate of drug-likeness (QED) is 0.477. The molecule has 10 radical (unpaired) electrons. The number of carbonyl (C=O) groups is 1. The van der Waals surface area contributed by atoms with E-state index >= 15 is 0 Å². The first kappa shape index (κ1) is 17.3. The van der Waals surface area contributed by atoms with Gasteiger partial charge in [-0.25, -0.2) is 0 Å². The van der Waals surface area contributed by atoms with Crippen LogP contribution in [-0.2, 0) is 21.9 Å². The Labute approximate surface area is 132 Å². The van der Waals surface area contributed by atoms with Gasteiger partial charge < -0.3 is 4.74 Å². The molecular weight excluding hydrogens is 292 g/mol. The van der Waals surface area contributed by atoms with Gasteiger partial charge in [-0.3, -0.25) is 4.79 Å². The molecule has 0 unspecified atom stereocenters. The number of benzene rings is 1. The molecule has 0 atom stereocenters. The van der Waals surface area contributed by atoms with E-state index in [1.165, 1.54) is 0 Å². The van der Waals surface area contributed by atoms with Gasteiger partial charge in [0.05, 0.1) is 5.92 Å². The molecule has 2 aliphatic carbocycles. The SMILES string of the molecule is O=C(Oc1ccccc1)[C]1[CH][CH][CH][CH]1.[CH]1[CH][CH][CH][CH]1.[Fe+2]. The van der Waals surface area contributed by atoms with Crippen LogP contribution in [0.5, 0.6) is 5.75 Å². The van der Waals surface area contributed by atoms with Crippen LogP contribution >= 0.6 is 0 Å². The Kier molecular flexibility index (Phi) is 8.64. The minimum atomic E-state index is -0.318. The number of rotatable bonds is 2. The number of carbonyl (C=O) groups excluding carboxylic acids is 1. The normalized spacial score (nSPS) is 17.8. The topological polar surface area (TPSA) is 26.3 Å². The molecular formula is C17H14FeO2+2. The summed E-state index contributed by atoms with van der Waals surface area (Å²) in [4.78, 5) is 11.5. The van der Waals surface area contributed by atoms with Crippen LogP contribution in [0, 0.1) is 63.7 Å². The summed E-state index contributed by atoms with van der Waals surface area (Å²) < 4.78 is 5.12. The zero-order valence-corrected chi connectivity index (χ0v) is 11.9. The molecule has 0 aliphatic heterocycles. The third kappa shape index (κ3) is 6.11. The standard InChI is InChI=1S/C12H9O2.C5H5.Fe/c13-12(10-6-4-5-7-10)14-11-8-2-1-3-9-11;1-2-4-5-3-1;/h1-9H;1-5H;/q;;+2. The second-order valence-corrected chi connectivity index (χ2v) is 3.84. The van der Waals surface area contributed by atoms with E-state index in [4.69, 9.17) is 4.74 Å². The maximum absolute atomic E-state index is 11.5. The molecule has 0 heterocycles. The van der Waals surface area contributed by atoms with E-state index in [2.05, 4.69) is 0 Å². The molecule has 1 aromatic rings. The van der Waals surface area contributed by atoms with Crippen LogP contribution in [0.25, 0.3) is 0 Å². The first-order chi connectivity index (χ1) is 9.36. The molecule has 0 aromatic heterocycles. The largest absolute Gasteiger partial charge is 2.00 e. The molecule has 3 rings (SSSR count). The van der Waals surface area contributed by atoms with E-state index in [0.29, 0.717) is 11.7 Å². The van der Waals surface area contributed by atoms with Crippen LogP contribution in [0.15, 0.2) is 30.3 Å². The molecule has 2 nitrogen and oxygen atoms in total. The fourth-order valence-electron chi connectivity index (χ4n) is 1.49. The summed E-state index contributed by atoms with van der Waals surface area (Å²) in [6, 6.07) is 9.03. The average molecular weight is 306 g/mol. The molecule has 20 heavy (non-hydrogen) atoms. The minimum absolute atomic E-state index is 0. The molecule has 2 aliphatic rings. The monoisotopic (exact) mass is 306 g/mol. The Morgan fingerprint density at radius 3 is 1.75 bits per heavy atom. The Bertz CT molecular complexity index is 360. The molecule has 100 valence electrons. The van der Waals surface area contributed by atoms with Gasteiger partial charge in [-0.1, -0.05) is 18.2 Å². The van der Waals surface area contributed by atoms with Crippen LogP contribution in [0.3, 0.4) is 0 Å². The number of hydrogen-bond acceptors (Lipinski definition) is 2. The van der Waals surface area contributed by atoms with Crippen molar-refractivity contribution in [1.29, 1.82) is 0 Å². The van der Waals surface area contributed by atoms with Gasteiger partial charge in [0.2, 0.25) is 0 Å². The predicted molar refractivity (Wildman–Crippen MR) is 74.0 cm³/mol. The van der Waals surface area contributed by atoms with Crippen molar-refractivity contribution in [3.05, 3.63) is 94.0 Å². The van der Waals surface area contributed by atoms with Gasteiger partial charge in [0, 0.05) is 0 Å². The van der Waals surface area contributed by atoms with Crippen molar-refractivity contribution in [2.24, 2.45) is 0 Å². The first-order valence-corrected chi connectivity index (χ1v) is 6.02. The Morgan fingerprint density at radius 1 is 0.750 bits per heavy atom. The molecule has 2 fully saturated rings. The van der Waals surface area contributed by atoms with Crippen LogP contribution < -0.4 is 4.74 Å². The fourth-order valence-corrected chi connectivity index (χ4v) is 1.49. The van der Waals surface area contributed by atoms with E-state index in [9.17, 15) is 4.79 Å². The van der Waals surface area contributed by atoms with Crippen molar-refractivity contribution >= 4 is 5.97 Å². The van der Waals surface area contributed by atoms with Gasteiger partial charge in [0.25, 0.3) is 0 Å². The second-order valence-electron chi connectivity index (χ2n) is 3.84. The molecule has 0 saturated heterocycles. The molecule has 2 saturated carbocycles. The van der Waals surface area contributed by atoms with Crippen LogP contribution in [0.4, 0.5) is 0 Å². The predicted octanol–water partition coefficient (Wildman–Crippen LogP) is 3.02. The van der Waals surface area contributed by atoms with Gasteiger partial charge in [0.1, 0.15) is 5.75 Å². The Hall–Kier alpha value is -0.791. The molecule has 0 bridgehead atoms. The van der Waals surface area contributed by atoms with E-state index in [-0.39, 0.29) is 23.0 Å². The summed E-state index contributed by atoms with van der Waals surface area (Å²) in [7, 11) is 0. The first-order valence-electron chi connectivity index (χ1n) is 6.02. The van der Waals surface area contributed by atoms with Crippen molar-refractivity contribution in [3.63, 3.8) is 0 Å². The summed E-state index contributed by atoms with van der Waals surface area (Å²) in [5.41, 5.74) is 0. The Morgan fingerprint density at radius 2 is 1.25 bits per heavy atom. The van der Waals surface area contributed by atoms with Crippen LogP contribution in [-0.4, -0.2) is 5.97 Å². The molecule has 0 amide bonds. The second kappa shape index (κ2) is 10.0. The zero-order valence-electron chi connectivity index (χ0n) is 10.8. The van der Waals surface area contributed by atoms with Crippen molar-refractivity contribution in [2.45, 2.75) is 0 Å². The summed E-state index contributed by atoms with van der Waals surface area (Å²) in [6.07, 6.45) is 17.1. The molecule has 0 N–H and O–H groups in total. The van der Waals surface area contributed by atoms with Crippen molar-refractivity contribution in [3.8, 4) is 5.75 Å². The summed E-state index contributed by atoms with van der Waals surface area (Å²) in [5, 5.41) is 0. The van der Waals surface area contributed by atoms with Gasteiger partial charge >= 0.3 is 23.0 Å². The van der Waals surface area contributed by atoms with Crippen LogP contribution in [0.2, 0.25) is 0 Å². The third-order valence-corrected chi connectivity index (χ3v) is 2.41. The molecule has 1 aromatic carbocycles. The summed E-state index contributed by atoms with van der Waals surface area (Å²) in [6.45, 7) is 0. The van der Waals surface area contributed by atoms with E-state index in [1.54, 1.807) is 25.0 Å². The average Bonchev–Trinajstić information content (AvgIpc) is 3.16. The maximum Gasteiger partial charge on any atom is 2.00 e. The van der Waals surface area contributed by atoms with Gasteiger partial charge in [-0.05, 0) is 69.9 Å². The smallest absolute Gasteiger partial charge is 0.426 e. The van der Waals surface area contributed by atoms with Crippen molar-refractivity contribution < 1.29 is 26.6 Å². The zero-order chi connectivity index (χ0) is 13.3. The number of hydrogen-bond donors (Lipinski definition) is 0. The van der Waals surface area contributed by atoms with E-state index in [0.717, 1.165) is 0 Å². The summed E-state index contributed by atoms with van der Waals surface area (Å²) >= 11 is 0. The van der Waals surface area contributed by atoms with E-state index in [1.807, 2.05) is 63.1 Å². The van der Waals surface area contributed by atoms with Crippen LogP contribution in [0.1, 0.15) is 0 Å². The fraction of sp³-hybridized carbons (Fsp3) is 0. The van der Waals surface area contributed by atoms with E-state index < -0.39 is 0 Å². The van der Waals surface area contributed by atoms with Gasteiger partial charge in [-0.15, -0.1) is 0 Å². The van der Waals surface area contributed by atoms with Gasteiger partial charge in [0.15, 0.2) is 0 Å². The van der Waals surface area contributed by atoms with Crippen molar-refractivity contribution in [1.82, 2.24) is 0 Å². The molecule has 3 heteroatoms. The third-order valence-electron chi connectivity index (χ3n) is 2.41. The van der Waals surface area contributed by atoms with Gasteiger partial charge in [-0.2, -0.15) is 0 Å². The minimum Gasteiger partial charge on any atom is -0.426 e. The number of para-hydroxylation sites is 1.